The third-order valence-electron chi connectivity index (χ3n) is 2.88. The van der Waals surface area contributed by atoms with Crippen molar-refractivity contribution in [2.75, 3.05) is 17.7 Å². The van der Waals surface area contributed by atoms with Crippen molar-refractivity contribution in [1.82, 2.24) is 4.98 Å². The number of fused-ring (bicyclic) bond motifs is 1. The van der Waals surface area contributed by atoms with Crippen molar-refractivity contribution in [3.8, 4) is 5.88 Å². The molecule has 5 N–H and O–H groups in total. The molecule has 0 radical (unpaired) electrons. The maximum atomic E-state index is 11.1. The Bertz CT molecular complexity index is 658. The highest BCUT2D eigenvalue weighted by atomic mass is 16.6. The Morgan fingerprint density at radius 2 is 2.10 bits per heavy atom. The van der Waals surface area contributed by atoms with Gasteiger partial charge in [0, 0.05) is 0 Å². The molecule has 1 aliphatic heterocycles. The van der Waals surface area contributed by atoms with Crippen LogP contribution in [-0.2, 0) is 0 Å². The smallest absolute Gasteiger partial charge is 0.354 e. The summed E-state index contributed by atoms with van der Waals surface area (Å²) < 4.78 is 5.09. The lowest BCUT2D eigenvalue weighted by Gasteiger charge is -2.21. The normalized spacial score (nSPS) is 16.5. The highest BCUT2D eigenvalue weighted by Crippen LogP contribution is 2.43. The molecule has 11 nitrogen and oxygen atoms in total. The summed E-state index contributed by atoms with van der Waals surface area (Å²) in [6.45, 7) is 1.78. The number of ether oxygens (including phenoxy) is 1. The summed E-state index contributed by atoms with van der Waals surface area (Å²) in [5.41, 5.74) is 10.3. The minimum atomic E-state index is -1.22. The lowest BCUT2D eigenvalue weighted by atomic mass is 10.0. The van der Waals surface area contributed by atoms with Crippen LogP contribution < -0.4 is 21.5 Å². The molecular formula is C10H12N6O5. The average Bonchev–Trinajstić information content (AvgIpc) is 2.37. The number of rotatable bonds is 4. The fourth-order valence-corrected chi connectivity index (χ4v) is 1.97. The molecule has 1 aromatic rings. The number of nitro groups is 2. The number of nitrogen functional groups attached to an aromatic ring is 1. The maximum absolute atomic E-state index is 11.1. The Labute approximate surface area is 117 Å². The Morgan fingerprint density at radius 1 is 1.43 bits per heavy atom. The van der Waals surface area contributed by atoms with Gasteiger partial charge in [0.05, 0.1) is 28.2 Å². The Morgan fingerprint density at radius 3 is 2.62 bits per heavy atom. The number of pyridine rings is 1. The molecule has 0 fully saturated rings. The topological polar surface area (TPSA) is 172 Å². The lowest BCUT2D eigenvalue weighted by Crippen LogP contribution is -2.26. The predicted octanol–water partition coefficient (Wildman–Crippen LogP) is 0.514. The van der Waals surface area contributed by atoms with E-state index >= 15 is 0 Å². The first-order valence-corrected chi connectivity index (χ1v) is 5.85. The van der Waals surface area contributed by atoms with Crippen molar-refractivity contribution in [2.24, 2.45) is 5.73 Å². The highest BCUT2D eigenvalue weighted by Gasteiger charge is 2.37. The number of hydrogen-bond donors (Lipinski definition) is 3. The van der Waals surface area contributed by atoms with Crippen LogP contribution in [0.2, 0.25) is 0 Å². The first-order valence-electron chi connectivity index (χ1n) is 5.85. The number of anilines is 2. The van der Waals surface area contributed by atoms with E-state index in [0.29, 0.717) is 0 Å². The summed E-state index contributed by atoms with van der Waals surface area (Å²) >= 11 is 0. The van der Waals surface area contributed by atoms with E-state index in [0.717, 1.165) is 6.20 Å². The molecular weight excluding hydrogens is 284 g/mol. The summed E-state index contributed by atoms with van der Waals surface area (Å²) in [5, 5.41) is 24.5. The zero-order valence-electron chi connectivity index (χ0n) is 10.9. The van der Waals surface area contributed by atoms with Crippen LogP contribution in [0.4, 0.5) is 17.2 Å². The largest absolute Gasteiger partial charge is 0.473 e. The molecule has 0 saturated heterocycles. The zero-order valence-corrected chi connectivity index (χ0v) is 10.9. The van der Waals surface area contributed by atoms with E-state index in [1.165, 1.54) is 0 Å². The molecule has 21 heavy (non-hydrogen) atoms. The van der Waals surface area contributed by atoms with E-state index in [1.807, 2.05) is 0 Å². The number of nitrogens with zero attached hydrogens (tertiary/aromatic N) is 3. The SMILES string of the molecule is CCOc1nc2c(c(N)c1[N+](=O)[O-])C(N)C([N+](=O)[O-])=CN2. The number of aromatic nitrogens is 1. The molecule has 0 aliphatic carbocycles. The summed E-state index contributed by atoms with van der Waals surface area (Å²) in [6.07, 6.45) is 1.07. The first kappa shape index (κ1) is 14.5. The number of nitrogens with one attached hydrogen (secondary N) is 1. The Balaban J connectivity index is 2.65. The van der Waals surface area contributed by atoms with Crippen LogP contribution in [0, 0.1) is 20.2 Å². The van der Waals surface area contributed by atoms with Gasteiger partial charge >= 0.3 is 5.69 Å². The minimum Gasteiger partial charge on any atom is -0.473 e. The maximum Gasteiger partial charge on any atom is 0.354 e. The average molecular weight is 296 g/mol. The lowest BCUT2D eigenvalue weighted by molar-refractivity contribution is -0.430. The highest BCUT2D eigenvalue weighted by molar-refractivity contribution is 5.77. The second kappa shape index (κ2) is 5.20. The van der Waals surface area contributed by atoms with E-state index in [9.17, 15) is 20.2 Å². The molecule has 0 aromatic carbocycles. The third kappa shape index (κ3) is 2.29. The van der Waals surface area contributed by atoms with Crippen molar-refractivity contribution in [1.29, 1.82) is 0 Å². The molecule has 112 valence electrons. The fraction of sp³-hybridized carbons (Fsp3) is 0.300. The predicted molar refractivity (Wildman–Crippen MR) is 72.1 cm³/mol. The molecule has 1 aliphatic rings. The van der Waals surface area contributed by atoms with Gasteiger partial charge in [0.1, 0.15) is 17.5 Å². The molecule has 0 bridgehead atoms. The molecule has 0 amide bonds. The Hall–Kier alpha value is -2.95. The second-order valence-electron chi connectivity index (χ2n) is 4.08. The van der Waals surface area contributed by atoms with Gasteiger partial charge in [-0.15, -0.1) is 0 Å². The molecule has 1 aromatic heterocycles. The molecule has 11 heteroatoms. The van der Waals surface area contributed by atoms with Gasteiger partial charge in [0.15, 0.2) is 0 Å². The van der Waals surface area contributed by atoms with Crippen molar-refractivity contribution in [2.45, 2.75) is 13.0 Å². The van der Waals surface area contributed by atoms with Crippen LogP contribution in [0.3, 0.4) is 0 Å². The van der Waals surface area contributed by atoms with Crippen LogP contribution in [0.15, 0.2) is 11.9 Å². The van der Waals surface area contributed by atoms with Crippen LogP contribution >= 0.6 is 0 Å². The molecule has 0 spiro atoms. The van der Waals surface area contributed by atoms with Gasteiger partial charge in [0.2, 0.25) is 0 Å². The molecule has 2 heterocycles. The third-order valence-corrected chi connectivity index (χ3v) is 2.88. The van der Waals surface area contributed by atoms with Gasteiger partial charge < -0.3 is 21.5 Å². The Kier molecular flexibility index (Phi) is 3.58. The van der Waals surface area contributed by atoms with Gasteiger partial charge in [-0.05, 0) is 6.92 Å². The van der Waals surface area contributed by atoms with E-state index in [-0.39, 0.29) is 35.3 Å². The van der Waals surface area contributed by atoms with Gasteiger partial charge in [-0.25, -0.2) is 0 Å². The monoisotopic (exact) mass is 296 g/mol. The van der Waals surface area contributed by atoms with E-state index in [2.05, 4.69) is 10.3 Å². The van der Waals surface area contributed by atoms with Gasteiger partial charge in [-0.2, -0.15) is 4.98 Å². The van der Waals surface area contributed by atoms with Crippen LogP contribution in [0.5, 0.6) is 5.88 Å². The van der Waals surface area contributed by atoms with Gasteiger partial charge in [-0.3, -0.25) is 20.2 Å². The van der Waals surface area contributed by atoms with Crippen LogP contribution in [0.25, 0.3) is 0 Å². The molecule has 1 atom stereocenters. The van der Waals surface area contributed by atoms with Gasteiger partial charge in [-0.1, -0.05) is 0 Å². The number of hydrogen-bond acceptors (Lipinski definition) is 9. The molecule has 0 saturated carbocycles. The van der Waals surface area contributed by atoms with Crippen molar-refractivity contribution in [3.05, 3.63) is 37.7 Å². The summed E-state index contributed by atoms with van der Waals surface area (Å²) in [5.74, 6) is -0.170. The second-order valence-corrected chi connectivity index (χ2v) is 4.08. The first-order chi connectivity index (χ1) is 9.88. The quantitative estimate of drug-likeness (QED) is 0.528. The van der Waals surface area contributed by atoms with E-state index in [4.69, 9.17) is 16.2 Å². The van der Waals surface area contributed by atoms with Crippen molar-refractivity contribution >= 4 is 17.2 Å². The number of nitrogens with two attached hydrogens (primary N) is 2. The van der Waals surface area contributed by atoms with Crippen LogP contribution in [0.1, 0.15) is 18.5 Å². The van der Waals surface area contributed by atoms with Crippen molar-refractivity contribution in [3.63, 3.8) is 0 Å². The summed E-state index contributed by atoms with van der Waals surface area (Å²) in [6, 6.07) is -1.22. The summed E-state index contributed by atoms with van der Waals surface area (Å²) in [4.78, 5) is 24.5. The van der Waals surface area contributed by atoms with Crippen molar-refractivity contribution < 1.29 is 14.6 Å². The zero-order chi connectivity index (χ0) is 15.7. The molecule has 1 unspecified atom stereocenters. The van der Waals surface area contributed by atoms with E-state index in [1.54, 1.807) is 6.92 Å². The van der Waals surface area contributed by atoms with Crippen LogP contribution in [-0.4, -0.2) is 21.4 Å². The minimum absolute atomic E-state index is 0.000599. The fourth-order valence-electron chi connectivity index (χ4n) is 1.97. The van der Waals surface area contributed by atoms with Gasteiger partial charge in [0.25, 0.3) is 11.6 Å². The van der Waals surface area contributed by atoms with E-state index < -0.39 is 21.6 Å². The molecule has 2 rings (SSSR count). The summed E-state index contributed by atoms with van der Waals surface area (Å²) in [7, 11) is 0. The standard InChI is InChI=1S/C10H12N6O5/c1-2-21-10-8(16(19)20)7(12)5-6(11)4(15(17)18)3-13-9(5)14-10/h3,6H,2,11H2,1H3,(H3,12,13,14).